The maximum absolute atomic E-state index is 12.9. The molecule has 1 aliphatic rings. The minimum Gasteiger partial charge on any atom is -0.489 e. The fraction of sp³-hybridized carbons (Fsp3) is 0.278. The lowest BCUT2D eigenvalue weighted by atomic mass is 10.0. The van der Waals surface area contributed by atoms with Gasteiger partial charge < -0.3 is 9.53 Å². The summed E-state index contributed by atoms with van der Waals surface area (Å²) in [7, 11) is 0. The molecule has 27 heavy (non-hydrogen) atoms. The first-order chi connectivity index (χ1) is 12.6. The average molecular weight is 389 g/mol. The number of hydrogen-bond acceptors (Lipinski definition) is 3. The van der Waals surface area contributed by atoms with E-state index in [1.807, 2.05) is 0 Å². The lowest BCUT2D eigenvalue weighted by molar-refractivity contribution is -0.143. The predicted molar refractivity (Wildman–Crippen MR) is 82.9 cm³/mol. The van der Waals surface area contributed by atoms with E-state index in [1.165, 1.54) is 6.07 Å². The normalized spacial score (nSPS) is 16.9. The minimum atomic E-state index is -4.90. The second-order valence-electron chi connectivity index (χ2n) is 6.06. The lowest BCUT2D eigenvalue weighted by Gasteiger charge is -2.15. The highest BCUT2D eigenvalue weighted by Gasteiger charge is 2.36. The molecule has 3 rings (SSSR count). The van der Waals surface area contributed by atoms with Gasteiger partial charge in [-0.3, -0.25) is 5.32 Å². The molecule has 9 heteroatoms. The number of ether oxygens (including phenoxy) is 1. The molecule has 0 radical (unpaired) electrons. The molecule has 3 nitrogen and oxygen atoms in total. The van der Waals surface area contributed by atoms with Gasteiger partial charge in [-0.2, -0.15) is 26.3 Å². The predicted octanol–water partition coefficient (Wildman–Crippen LogP) is 4.65. The molecule has 1 aliphatic heterocycles. The number of fused-ring (bicyclic) bond motifs is 1. The van der Waals surface area contributed by atoms with E-state index < -0.39 is 36.1 Å². The molecule has 1 heterocycles. The van der Waals surface area contributed by atoms with E-state index >= 15 is 0 Å². The summed E-state index contributed by atoms with van der Waals surface area (Å²) >= 11 is 0. The first kappa shape index (κ1) is 19.2. The van der Waals surface area contributed by atoms with Gasteiger partial charge in [-0.05, 0) is 47.0 Å². The van der Waals surface area contributed by atoms with Gasteiger partial charge in [-0.15, -0.1) is 0 Å². The van der Waals surface area contributed by atoms with Gasteiger partial charge >= 0.3 is 12.4 Å². The summed E-state index contributed by atoms with van der Waals surface area (Å²) < 4.78 is 82.6. The summed E-state index contributed by atoms with van der Waals surface area (Å²) in [5, 5.41) is 2.95. The zero-order valence-electron chi connectivity index (χ0n) is 13.6. The molecule has 1 atom stereocenters. The first-order valence-corrected chi connectivity index (χ1v) is 7.80. The number of carbonyl (C=O) groups excluding carboxylic acids is 1. The number of carbonyl (C=O) groups is 1. The second-order valence-corrected chi connectivity index (χ2v) is 6.06. The SMILES string of the molecule is O=CC1NCc2cc(OCc3cc(C(F)(F)F)cc(C(F)(F)F)c3)ccc21. The fourth-order valence-corrected chi connectivity index (χ4v) is 2.85. The van der Waals surface area contributed by atoms with Crippen molar-refractivity contribution in [2.75, 3.05) is 0 Å². The van der Waals surface area contributed by atoms with E-state index in [0.29, 0.717) is 18.7 Å². The van der Waals surface area contributed by atoms with Gasteiger partial charge in [0.25, 0.3) is 0 Å². The van der Waals surface area contributed by atoms with E-state index in [9.17, 15) is 31.1 Å². The fourth-order valence-electron chi connectivity index (χ4n) is 2.85. The number of halogens is 6. The monoisotopic (exact) mass is 389 g/mol. The van der Waals surface area contributed by atoms with Crippen LogP contribution in [0, 0.1) is 0 Å². The van der Waals surface area contributed by atoms with Gasteiger partial charge in [0.15, 0.2) is 0 Å². The summed E-state index contributed by atoms with van der Waals surface area (Å²) in [5.41, 5.74) is -1.48. The molecule has 0 amide bonds. The van der Waals surface area contributed by atoms with Crippen molar-refractivity contribution < 1.29 is 35.9 Å². The van der Waals surface area contributed by atoms with Crippen LogP contribution >= 0.6 is 0 Å². The Morgan fingerprint density at radius 3 is 2.19 bits per heavy atom. The second kappa shape index (κ2) is 6.88. The van der Waals surface area contributed by atoms with Crippen molar-refractivity contribution in [1.82, 2.24) is 5.32 Å². The maximum atomic E-state index is 12.9. The van der Waals surface area contributed by atoms with Crippen LogP contribution in [0.3, 0.4) is 0 Å². The average Bonchev–Trinajstić information content (AvgIpc) is 3.00. The molecule has 0 aliphatic carbocycles. The van der Waals surface area contributed by atoms with Crippen molar-refractivity contribution in [2.24, 2.45) is 0 Å². The highest BCUT2D eigenvalue weighted by Crippen LogP contribution is 2.36. The van der Waals surface area contributed by atoms with Crippen LogP contribution in [0.15, 0.2) is 36.4 Å². The van der Waals surface area contributed by atoms with Gasteiger partial charge in [0.05, 0.1) is 17.2 Å². The van der Waals surface area contributed by atoms with Crippen molar-refractivity contribution in [2.45, 2.75) is 31.5 Å². The van der Waals surface area contributed by atoms with Crippen molar-refractivity contribution in [3.8, 4) is 5.75 Å². The summed E-state index contributed by atoms with van der Waals surface area (Å²) in [6.07, 6.45) is -9.06. The van der Waals surface area contributed by atoms with E-state index in [0.717, 1.165) is 17.4 Å². The zero-order chi connectivity index (χ0) is 19.8. The van der Waals surface area contributed by atoms with Crippen LogP contribution in [0.4, 0.5) is 26.3 Å². The molecule has 2 aromatic rings. The standard InChI is InChI=1S/C18H13F6NO2/c19-17(20,21)12-3-10(4-13(6-12)18(22,23)24)9-27-14-1-2-15-11(5-14)7-25-16(15)8-26/h1-6,8,16,25H,7,9H2. The Balaban J connectivity index is 1.83. The van der Waals surface area contributed by atoms with Crippen molar-refractivity contribution in [3.63, 3.8) is 0 Å². The zero-order valence-corrected chi connectivity index (χ0v) is 13.6. The Bertz CT molecular complexity index is 828. The topological polar surface area (TPSA) is 38.3 Å². The quantitative estimate of drug-likeness (QED) is 0.611. The van der Waals surface area contributed by atoms with Crippen LogP contribution < -0.4 is 10.1 Å². The van der Waals surface area contributed by atoms with E-state index in [4.69, 9.17) is 4.74 Å². The Morgan fingerprint density at radius 2 is 1.63 bits per heavy atom. The molecule has 0 fully saturated rings. The van der Waals surface area contributed by atoms with E-state index in [1.54, 1.807) is 12.1 Å². The smallest absolute Gasteiger partial charge is 0.416 e. The summed E-state index contributed by atoms with van der Waals surface area (Å²) in [5.74, 6) is 0.285. The van der Waals surface area contributed by atoms with Gasteiger partial charge in [-0.1, -0.05) is 6.07 Å². The molecule has 0 bridgehead atoms. The molecule has 144 valence electrons. The highest BCUT2D eigenvalue weighted by molar-refractivity contribution is 5.64. The van der Waals surface area contributed by atoms with Crippen molar-refractivity contribution in [1.29, 1.82) is 0 Å². The lowest BCUT2D eigenvalue weighted by Crippen LogP contribution is -2.12. The van der Waals surface area contributed by atoms with Crippen LogP contribution in [0.25, 0.3) is 0 Å². The van der Waals surface area contributed by atoms with E-state index in [2.05, 4.69) is 5.32 Å². The minimum absolute atomic E-state index is 0.0735. The molecular weight excluding hydrogens is 376 g/mol. The number of hydrogen-bond donors (Lipinski definition) is 1. The van der Waals surface area contributed by atoms with Crippen molar-refractivity contribution >= 4 is 6.29 Å². The number of aldehydes is 1. The molecule has 0 saturated heterocycles. The molecular formula is C18H13F6NO2. The van der Waals surface area contributed by atoms with E-state index in [-0.39, 0.29) is 17.4 Å². The van der Waals surface area contributed by atoms with Crippen LogP contribution in [0.1, 0.15) is 33.9 Å². The molecule has 0 aromatic heterocycles. The summed E-state index contributed by atoms with van der Waals surface area (Å²) in [6, 6.07) is 5.65. The maximum Gasteiger partial charge on any atom is 0.416 e. The van der Waals surface area contributed by atoms with Gasteiger partial charge in [0.2, 0.25) is 0 Å². The van der Waals surface area contributed by atoms with Crippen LogP contribution in [-0.2, 0) is 30.3 Å². The van der Waals surface area contributed by atoms with Crippen molar-refractivity contribution in [3.05, 3.63) is 64.2 Å². The third kappa shape index (κ3) is 4.24. The van der Waals surface area contributed by atoms with Gasteiger partial charge in [-0.25, -0.2) is 0 Å². The van der Waals surface area contributed by atoms with Gasteiger partial charge in [0, 0.05) is 6.54 Å². The molecule has 1 unspecified atom stereocenters. The molecule has 0 spiro atoms. The van der Waals surface area contributed by atoms with Crippen LogP contribution in [0.5, 0.6) is 5.75 Å². The molecule has 1 N–H and O–H groups in total. The molecule has 2 aromatic carbocycles. The highest BCUT2D eigenvalue weighted by atomic mass is 19.4. The number of rotatable bonds is 4. The number of alkyl halides is 6. The third-order valence-corrected chi connectivity index (χ3v) is 4.15. The number of benzene rings is 2. The Kier molecular flexibility index (Phi) is 4.90. The summed E-state index contributed by atoms with van der Waals surface area (Å²) in [4.78, 5) is 10.9. The Labute approximate surface area is 149 Å². The third-order valence-electron chi connectivity index (χ3n) is 4.15. The molecule has 0 saturated carbocycles. The largest absolute Gasteiger partial charge is 0.489 e. The first-order valence-electron chi connectivity index (χ1n) is 7.80. The Morgan fingerprint density at radius 1 is 1.00 bits per heavy atom. The van der Waals surface area contributed by atoms with Gasteiger partial charge in [0.1, 0.15) is 18.6 Å². The van der Waals surface area contributed by atoms with Crippen LogP contribution in [0.2, 0.25) is 0 Å². The summed E-state index contributed by atoms with van der Waals surface area (Å²) in [6.45, 7) is -0.0476. The Hall–Kier alpha value is -2.55. The van der Waals surface area contributed by atoms with Crippen LogP contribution in [-0.4, -0.2) is 6.29 Å². The number of nitrogens with one attached hydrogen (secondary N) is 1.